The normalized spacial score (nSPS) is 22.7. The fourth-order valence-corrected chi connectivity index (χ4v) is 2.72. The second kappa shape index (κ2) is 11.7. The number of ketones is 2. The number of hydrogen-bond acceptors (Lipinski definition) is 3. The summed E-state index contributed by atoms with van der Waals surface area (Å²) in [5.74, 6) is 0.748. The topological polar surface area (TPSA) is 54.4 Å². The van der Waals surface area contributed by atoms with Crippen LogP contribution in [0.1, 0.15) is 83.5 Å². The Balaban J connectivity index is 0.000000157. The average molecular weight is 294 g/mol. The molecule has 0 spiro atoms. The van der Waals surface area contributed by atoms with Crippen LogP contribution in [-0.2, 0) is 9.59 Å². The Labute approximate surface area is 128 Å². The Bertz CT molecular complexity index is 319. The summed E-state index contributed by atoms with van der Waals surface area (Å²) in [7, 11) is 0. The van der Waals surface area contributed by atoms with Crippen molar-refractivity contribution in [3.05, 3.63) is 12.2 Å². The van der Waals surface area contributed by atoms with Crippen molar-refractivity contribution < 1.29 is 14.7 Å². The van der Waals surface area contributed by atoms with E-state index in [-0.39, 0.29) is 11.9 Å². The molecule has 120 valence electrons. The van der Waals surface area contributed by atoms with Gasteiger partial charge in [0.1, 0.15) is 5.78 Å². The fraction of sp³-hybridized carbons (Fsp3) is 0.778. The molecule has 3 aliphatic rings. The van der Waals surface area contributed by atoms with E-state index >= 15 is 0 Å². The molecule has 3 rings (SSSR count). The highest BCUT2D eigenvalue weighted by Crippen LogP contribution is 2.16. The zero-order valence-electron chi connectivity index (χ0n) is 13.2. The third-order valence-electron chi connectivity index (χ3n) is 4.08. The van der Waals surface area contributed by atoms with Crippen LogP contribution in [0.25, 0.3) is 0 Å². The van der Waals surface area contributed by atoms with E-state index in [1.807, 2.05) is 6.08 Å². The summed E-state index contributed by atoms with van der Waals surface area (Å²) in [5.41, 5.74) is 0. The first-order chi connectivity index (χ1) is 10.2. The van der Waals surface area contributed by atoms with E-state index in [2.05, 4.69) is 0 Å². The van der Waals surface area contributed by atoms with Gasteiger partial charge in [-0.15, -0.1) is 0 Å². The first-order valence-electron chi connectivity index (χ1n) is 8.57. The molecule has 0 unspecified atom stereocenters. The summed E-state index contributed by atoms with van der Waals surface area (Å²) in [6.07, 6.45) is 17.7. The molecule has 0 amide bonds. The van der Waals surface area contributed by atoms with Gasteiger partial charge >= 0.3 is 0 Å². The smallest absolute Gasteiger partial charge is 0.155 e. The molecule has 0 aromatic heterocycles. The molecular formula is C18H30O3. The van der Waals surface area contributed by atoms with E-state index in [0.29, 0.717) is 5.78 Å². The first-order valence-corrected chi connectivity index (χ1v) is 8.57. The predicted molar refractivity (Wildman–Crippen MR) is 85.2 cm³/mol. The molecule has 2 fully saturated rings. The number of hydrogen-bond donors (Lipinski definition) is 1. The van der Waals surface area contributed by atoms with Gasteiger partial charge < -0.3 is 5.11 Å². The van der Waals surface area contributed by atoms with Crippen molar-refractivity contribution in [2.75, 3.05) is 0 Å². The van der Waals surface area contributed by atoms with Crippen LogP contribution in [0.4, 0.5) is 0 Å². The quantitative estimate of drug-likeness (QED) is 0.731. The van der Waals surface area contributed by atoms with Crippen molar-refractivity contribution >= 4 is 11.6 Å². The number of aliphatic hydroxyl groups is 1. The molecule has 0 aliphatic heterocycles. The van der Waals surface area contributed by atoms with Crippen molar-refractivity contribution in [1.29, 1.82) is 0 Å². The standard InChI is InChI=1S/C6H12O.C6H10O.C6H8O/c3*7-6-4-2-1-3-5-6/h6-7H,1-5H2;1-5H2;2,4H,1,3,5H2. The highest BCUT2D eigenvalue weighted by molar-refractivity contribution is 5.90. The predicted octanol–water partition coefficient (Wildman–Crippen LogP) is 4.13. The average Bonchev–Trinajstić information content (AvgIpc) is 2.51. The lowest BCUT2D eigenvalue weighted by molar-refractivity contribution is -0.120. The van der Waals surface area contributed by atoms with Gasteiger partial charge in [0, 0.05) is 19.3 Å². The monoisotopic (exact) mass is 294 g/mol. The van der Waals surface area contributed by atoms with E-state index in [4.69, 9.17) is 5.11 Å². The van der Waals surface area contributed by atoms with Crippen LogP contribution >= 0.6 is 0 Å². The number of aliphatic hydroxyl groups excluding tert-OH is 1. The van der Waals surface area contributed by atoms with Crippen LogP contribution in [0.2, 0.25) is 0 Å². The van der Waals surface area contributed by atoms with Gasteiger partial charge in [0.2, 0.25) is 0 Å². The molecular weight excluding hydrogens is 264 g/mol. The largest absolute Gasteiger partial charge is 0.393 e. The van der Waals surface area contributed by atoms with Crippen molar-refractivity contribution in [1.82, 2.24) is 0 Å². The van der Waals surface area contributed by atoms with Gasteiger partial charge in [0.25, 0.3) is 0 Å². The minimum Gasteiger partial charge on any atom is -0.393 e. The maximum atomic E-state index is 10.5. The molecule has 3 heteroatoms. The molecule has 2 saturated carbocycles. The molecule has 3 nitrogen and oxygen atoms in total. The van der Waals surface area contributed by atoms with E-state index in [0.717, 1.165) is 57.8 Å². The van der Waals surface area contributed by atoms with E-state index < -0.39 is 0 Å². The van der Waals surface area contributed by atoms with Crippen molar-refractivity contribution in [3.63, 3.8) is 0 Å². The number of rotatable bonds is 0. The SMILES string of the molecule is O=C1C=CCCC1.O=C1CCCCC1.OC1CCCCC1. The molecule has 1 N–H and O–H groups in total. The van der Waals surface area contributed by atoms with Gasteiger partial charge in [-0.3, -0.25) is 9.59 Å². The Morgan fingerprint density at radius 2 is 1.43 bits per heavy atom. The highest BCUT2D eigenvalue weighted by Gasteiger charge is 2.07. The highest BCUT2D eigenvalue weighted by atomic mass is 16.3. The van der Waals surface area contributed by atoms with Crippen LogP contribution in [0.15, 0.2) is 12.2 Å². The lowest BCUT2D eigenvalue weighted by atomic mass is 9.98. The molecule has 0 heterocycles. The molecule has 0 bridgehead atoms. The maximum absolute atomic E-state index is 10.5. The van der Waals surface area contributed by atoms with Crippen LogP contribution in [-0.4, -0.2) is 22.8 Å². The van der Waals surface area contributed by atoms with E-state index in [1.165, 1.54) is 25.7 Å². The van der Waals surface area contributed by atoms with Crippen LogP contribution in [0, 0.1) is 0 Å². The fourth-order valence-electron chi connectivity index (χ4n) is 2.72. The Hall–Kier alpha value is -0.960. The minimum absolute atomic E-state index is 0.0359. The lowest BCUT2D eigenvalue weighted by Gasteiger charge is -2.14. The zero-order chi connectivity index (χ0) is 15.3. The summed E-state index contributed by atoms with van der Waals surface area (Å²) in [4.78, 5) is 20.8. The first kappa shape index (κ1) is 18.1. The van der Waals surface area contributed by atoms with Gasteiger partial charge in [0.05, 0.1) is 6.10 Å². The number of carbonyl (C=O) groups excluding carboxylic acids is 2. The van der Waals surface area contributed by atoms with Gasteiger partial charge in [-0.1, -0.05) is 31.8 Å². The third-order valence-corrected chi connectivity index (χ3v) is 4.08. The van der Waals surface area contributed by atoms with Gasteiger partial charge in [-0.05, 0) is 44.6 Å². The molecule has 21 heavy (non-hydrogen) atoms. The van der Waals surface area contributed by atoms with Crippen molar-refractivity contribution in [2.45, 2.75) is 89.6 Å². The van der Waals surface area contributed by atoms with Gasteiger partial charge in [-0.25, -0.2) is 0 Å². The number of allylic oxidation sites excluding steroid dienone is 2. The van der Waals surface area contributed by atoms with Gasteiger partial charge in [-0.2, -0.15) is 0 Å². The Morgan fingerprint density at radius 3 is 1.71 bits per heavy atom. The zero-order valence-corrected chi connectivity index (χ0v) is 13.2. The lowest BCUT2D eigenvalue weighted by Crippen LogP contribution is -2.09. The van der Waals surface area contributed by atoms with Crippen molar-refractivity contribution in [3.8, 4) is 0 Å². The number of Topliss-reactive ketones (excluding diaryl/α,β-unsaturated/α-hetero) is 1. The van der Waals surface area contributed by atoms with Crippen molar-refractivity contribution in [2.24, 2.45) is 0 Å². The van der Waals surface area contributed by atoms with Crippen LogP contribution < -0.4 is 0 Å². The number of carbonyl (C=O) groups is 2. The summed E-state index contributed by atoms with van der Waals surface area (Å²) >= 11 is 0. The molecule has 3 aliphatic carbocycles. The Morgan fingerprint density at radius 1 is 0.810 bits per heavy atom. The molecule has 0 saturated heterocycles. The van der Waals surface area contributed by atoms with Crippen LogP contribution in [0.5, 0.6) is 0 Å². The summed E-state index contributed by atoms with van der Waals surface area (Å²) in [5, 5.41) is 8.91. The second-order valence-corrected chi connectivity index (χ2v) is 6.15. The van der Waals surface area contributed by atoms with Crippen LogP contribution in [0.3, 0.4) is 0 Å². The van der Waals surface area contributed by atoms with E-state index in [1.54, 1.807) is 6.08 Å². The van der Waals surface area contributed by atoms with E-state index in [9.17, 15) is 9.59 Å². The summed E-state index contributed by atoms with van der Waals surface area (Å²) in [6, 6.07) is 0. The van der Waals surface area contributed by atoms with Gasteiger partial charge in [0.15, 0.2) is 5.78 Å². The molecule has 0 radical (unpaired) electrons. The third kappa shape index (κ3) is 10.4. The second-order valence-electron chi connectivity index (χ2n) is 6.15. The maximum Gasteiger partial charge on any atom is 0.155 e. The molecule has 0 atom stereocenters. The molecule has 0 aromatic rings. The minimum atomic E-state index is 0.0359. The summed E-state index contributed by atoms with van der Waals surface area (Å²) < 4.78 is 0. The molecule has 0 aromatic carbocycles. The Kier molecular flexibility index (Phi) is 10.1. The summed E-state index contributed by atoms with van der Waals surface area (Å²) in [6.45, 7) is 0.